The summed E-state index contributed by atoms with van der Waals surface area (Å²) in [5.41, 5.74) is 0.0825. The van der Waals surface area contributed by atoms with Gasteiger partial charge >= 0.3 is 0 Å². The summed E-state index contributed by atoms with van der Waals surface area (Å²) in [5.74, 6) is -2.06. The van der Waals surface area contributed by atoms with E-state index < -0.39 is 11.6 Å². The predicted molar refractivity (Wildman–Crippen MR) is 76.1 cm³/mol. The third-order valence-electron chi connectivity index (χ3n) is 4.73. The summed E-state index contributed by atoms with van der Waals surface area (Å²) in [7, 11) is 0. The van der Waals surface area contributed by atoms with Gasteiger partial charge in [-0.15, -0.1) is 0 Å². The van der Waals surface area contributed by atoms with E-state index in [1.54, 1.807) is 0 Å². The highest BCUT2D eigenvalue weighted by Gasteiger charge is 2.42. The number of amides is 1. The molecule has 2 aliphatic rings. The predicted octanol–water partition coefficient (Wildman–Crippen LogP) is 2.71. The molecule has 1 aliphatic heterocycles. The topological polar surface area (TPSA) is 32.3 Å². The summed E-state index contributed by atoms with van der Waals surface area (Å²) < 4.78 is 26.4. The molecule has 1 amide bonds. The van der Waals surface area contributed by atoms with Gasteiger partial charge in [0.15, 0.2) is 11.6 Å². The summed E-state index contributed by atoms with van der Waals surface area (Å²) in [6.45, 7) is 2.16. The highest BCUT2D eigenvalue weighted by atomic mass is 19.2. The van der Waals surface area contributed by atoms with Crippen molar-refractivity contribution in [3.05, 3.63) is 35.4 Å². The van der Waals surface area contributed by atoms with Gasteiger partial charge in [-0.3, -0.25) is 4.79 Å². The standard InChI is InChI=1S/C16H20F2N2O/c17-13-5-4-12(10-14(13)18)15(21)20-9-8-19-11-16(20)6-2-1-3-7-16/h4-5,10,19H,1-3,6-9,11H2. The summed E-state index contributed by atoms with van der Waals surface area (Å²) in [5, 5.41) is 3.37. The third kappa shape index (κ3) is 2.67. The molecular formula is C16H20F2N2O. The van der Waals surface area contributed by atoms with Crippen LogP contribution in [-0.2, 0) is 0 Å². The van der Waals surface area contributed by atoms with Crippen molar-refractivity contribution in [2.45, 2.75) is 37.6 Å². The Hall–Kier alpha value is -1.49. The van der Waals surface area contributed by atoms with E-state index in [4.69, 9.17) is 0 Å². The fourth-order valence-electron chi connectivity index (χ4n) is 3.60. The van der Waals surface area contributed by atoms with Crippen molar-refractivity contribution in [1.29, 1.82) is 0 Å². The number of nitrogens with one attached hydrogen (secondary N) is 1. The van der Waals surface area contributed by atoms with Crippen molar-refractivity contribution in [3.63, 3.8) is 0 Å². The van der Waals surface area contributed by atoms with Gasteiger partial charge in [-0.2, -0.15) is 0 Å². The maximum Gasteiger partial charge on any atom is 0.254 e. The molecule has 0 aromatic heterocycles. The summed E-state index contributed by atoms with van der Waals surface area (Å²) in [6.07, 6.45) is 5.40. The zero-order valence-electron chi connectivity index (χ0n) is 12.0. The Labute approximate surface area is 123 Å². The normalized spacial score (nSPS) is 21.5. The van der Waals surface area contributed by atoms with Crippen LogP contribution in [0.2, 0.25) is 0 Å². The Morgan fingerprint density at radius 3 is 2.62 bits per heavy atom. The first kappa shape index (κ1) is 14.4. The molecule has 1 saturated heterocycles. The Morgan fingerprint density at radius 2 is 1.90 bits per heavy atom. The average molecular weight is 294 g/mol. The number of halogens is 2. The molecule has 1 aliphatic carbocycles. The lowest BCUT2D eigenvalue weighted by molar-refractivity contribution is 0.0222. The molecule has 0 unspecified atom stereocenters. The molecule has 1 aromatic rings. The first-order valence-electron chi connectivity index (χ1n) is 7.60. The molecule has 3 nitrogen and oxygen atoms in total. The molecule has 21 heavy (non-hydrogen) atoms. The van der Waals surface area contributed by atoms with Gasteiger partial charge in [0.2, 0.25) is 0 Å². The Morgan fingerprint density at radius 1 is 1.14 bits per heavy atom. The fraction of sp³-hybridized carbons (Fsp3) is 0.562. The zero-order valence-corrected chi connectivity index (χ0v) is 12.0. The minimum atomic E-state index is -0.964. The van der Waals surface area contributed by atoms with Crippen LogP contribution in [0, 0.1) is 11.6 Å². The van der Waals surface area contributed by atoms with E-state index in [1.165, 1.54) is 12.5 Å². The van der Waals surface area contributed by atoms with Gasteiger partial charge < -0.3 is 10.2 Å². The van der Waals surface area contributed by atoms with E-state index in [0.717, 1.165) is 50.9 Å². The number of rotatable bonds is 1. The van der Waals surface area contributed by atoms with Gasteiger partial charge in [-0.05, 0) is 31.0 Å². The van der Waals surface area contributed by atoms with Gasteiger partial charge in [0.1, 0.15) is 0 Å². The largest absolute Gasteiger partial charge is 0.330 e. The summed E-state index contributed by atoms with van der Waals surface area (Å²) >= 11 is 0. The van der Waals surface area contributed by atoms with Gasteiger partial charge in [0.05, 0.1) is 5.54 Å². The van der Waals surface area contributed by atoms with E-state index >= 15 is 0 Å². The number of piperazine rings is 1. The van der Waals surface area contributed by atoms with E-state index in [9.17, 15) is 13.6 Å². The quantitative estimate of drug-likeness (QED) is 0.864. The van der Waals surface area contributed by atoms with Crippen molar-refractivity contribution in [2.75, 3.05) is 19.6 Å². The smallest absolute Gasteiger partial charge is 0.254 e. The second kappa shape index (κ2) is 5.72. The van der Waals surface area contributed by atoms with Gasteiger partial charge in [0, 0.05) is 25.2 Å². The van der Waals surface area contributed by atoms with E-state index in [0.29, 0.717) is 6.54 Å². The lowest BCUT2D eigenvalue weighted by Crippen LogP contribution is -2.63. The second-order valence-corrected chi connectivity index (χ2v) is 6.05. The molecule has 5 heteroatoms. The lowest BCUT2D eigenvalue weighted by atomic mass is 9.78. The monoisotopic (exact) mass is 294 g/mol. The van der Waals surface area contributed by atoms with Gasteiger partial charge in [-0.1, -0.05) is 19.3 Å². The highest BCUT2D eigenvalue weighted by Crippen LogP contribution is 2.35. The van der Waals surface area contributed by atoms with Crippen molar-refractivity contribution < 1.29 is 13.6 Å². The first-order valence-corrected chi connectivity index (χ1v) is 7.60. The number of carbonyl (C=O) groups is 1. The van der Waals surface area contributed by atoms with E-state index in [1.807, 2.05) is 4.90 Å². The van der Waals surface area contributed by atoms with Crippen LogP contribution in [0.15, 0.2) is 18.2 Å². The molecule has 0 atom stereocenters. The number of nitrogens with zero attached hydrogens (tertiary/aromatic N) is 1. The minimum Gasteiger partial charge on any atom is -0.330 e. The zero-order chi connectivity index (χ0) is 14.9. The molecule has 0 bridgehead atoms. The molecule has 0 radical (unpaired) electrons. The minimum absolute atomic E-state index is 0.154. The molecule has 1 N–H and O–H groups in total. The van der Waals surface area contributed by atoms with Crippen LogP contribution in [0.5, 0.6) is 0 Å². The second-order valence-electron chi connectivity index (χ2n) is 6.05. The number of carbonyl (C=O) groups excluding carboxylic acids is 1. The maximum atomic E-state index is 13.4. The van der Waals surface area contributed by atoms with Crippen LogP contribution in [-0.4, -0.2) is 36.0 Å². The van der Waals surface area contributed by atoms with Crippen LogP contribution < -0.4 is 5.32 Å². The molecular weight excluding hydrogens is 274 g/mol. The number of hydrogen-bond acceptors (Lipinski definition) is 2. The Balaban J connectivity index is 1.88. The van der Waals surface area contributed by atoms with Crippen molar-refractivity contribution in [1.82, 2.24) is 10.2 Å². The molecule has 114 valence electrons. The maximum absolute atomic E-state index is 13.4. The van der Waals surface area contributed by atoms with E-state index in [2.05, 4.69) is 5.32 Å². The molecule has 2 fully saturated rings. The van der Waals surface area contributed by atoms with Crippen LogP contribution in [0.3, 0.4) is 0 Å². The SMILES string of the molecule is O=C(c1ccc(F)c(F)c1)N1CCNCC12CCCCC2. The third-order valence-corrected chi connectivity index (χ3v) is 4.73. The Bertz CT molecular complexity index is 533. The molecule has 3 rings (SSSR count). The fourth-order valence-corrected chi connectivity index (χ4v) is 3.60. The van der Waals surface area contributed by atoms with Crippen LogP contribution >= 0.6 is 0 Å². The van der Waals surface area contributed by atoms with Gasteiger partial charge in [0.25, 0.3) is 5.91 Å². The number of hydrogen-bond donors (Lipinski definition) is 1. The van der Waals surface area contributed by atoms with Crippen LogP contribution in [0.4, 0.5) is 8.78 Å². The molecule has 1 aromatic carbocycles. The Kier molecular flexibility index (Phi) is 3.93. The van der Waals surface area contributed by atoms with E-state index in [-0.39, 0.29) is 17.0 Å². The van der Waals surface area contributed by atoms with Crippen LogP contribution in [0.25, 0.3) is 0 Å². The first-order chi connectivity index (χ1) is 10.1. The molecule has 1 saturated carbocycles. The van der Waals surface area contributed by atoms with Crippen molar-refractivity contribution in [2.24, 2.45) is 0 Å². The average Bonchev–Trinajstić information content (AvgIpc) is 2.51. The van der Waals surface area contributed by atoms with Crippen LogP contribution in [0.1, 0.15) is 42.5 Å². The molecule has 1 spiro atoms. The van der Waals surface area contributed by atoms with Gasteiger partial charge in [-0.25, -0.2) is 8.78 Å². The molecule has 1 heterocycles. The summed E-state index contributed by atoms with van der Waals surface area (Å²) in [4.78, 5) is 14.6. The summed E-state index contributed by atoms with van der Waals surface area (Å²) in [6, 6.07) is 3.41. The lowest BCUT2D eigenvalue weighted by Gasteiger charge is -2.49. The highest BCUT2D eigenvalue weighted by molar-refractivity contribution is 5.94. The van der Waals surface area contributed by atoms with Crippen molar-refractivity contribution in [3.8, 4) is 0 Å². The van der Waals surface area contributed by atoms with Crippen molar-refractivity contribution >= 4 is 5.91 Å². The number of benzene rings is 1.